The molecule has 1 amide bonds. The average molecular weight is 374 g/mol. The van der Waals surface area contributed by atoms with Crippen molar-refractivity contribution in [2.75, 3.05) is 20.1 Å². The summed E-state index contributed by atoms with van der Waals surface area (Å²) in [5, 5.41) is 4.84. The van der Waals surface area contributed by atoms with Gasteiger partial charge in [-0.1, -0.05) is 6.07 Å². The number of hydrogen-bond donors (Lipinski definition) is 1. The topological polar surface area (TPSA) is 45.2 Å². The van der Waals surface area contributed by atoms with Crippen molar-refractivity contribution in [2.24, 2.45) is 0 Å². The first kappa shape index (κ1) is 18.8. The fourth-order valence-corrected chi connectivity index (χ4v) is 3.73. The highest BCUT2D eigenvalue weighted by Gasteiger charge is 2.30. The van der Waals surface area contributed by atoms with Crippen LogP contribution in [0.1, 0.15) is 23.3 Å². The maximum absolute atomic E-state index is 13.8. The van der Waals surface area contributed by atoms with Gasteiger partial charge in [0.2, 0.25) is 0 Å². The van der Waals surface area contributed by atoms with Crippen molar-refractivity contribution in [2.45, 2.75) is 18.9 Å². The van der Waals surface area contributed by atoms with Gasteiger partial charge in [0.25, 0.3) is 5.91 Å². The highest BCUT2D eigenvalue weighted by molar-refractivity contribution is 7.13. The van der Waals surface area contributed by atoms with Crippen LogP contribution >= 0.6 is 23.7 Å². The zero-order valence-corrected chi connectivity index (χ0v) is 14.7. The zero-order valence-electron chi connectivity index (χ0n) is 13.1. The summed E-state index contributed by atoms with van der Waals surface area (Å²) < 4.78 is 27.7. The lowest BCUT2D eigenvalue weighted by atomic mass is 10.2. The fraction of sp³-hybridized carbons (Fsp3) is 0.375. The number of likely N-dealkylation sites (tertiary alicyclic amines) is 1. The number of aromatic nitrogens is 1. The second-order valence-corrected chi connectivity index (χ2v) is 6.34. The van der Waals surface area contributed by atoms with Gasteiger partial charge < -0.3 is 10.2 Å². The van der Waals surface area contributed by atoms with Crippen LogP contribution in [-0.2, 0) is 0 Å². The van der Waals surface area contributed by atoms with E-state index in [0.717, 1.165) is 30.7 Å². The molecule has 1 aliphatic rings. The van der Waals surface area contributed by atoms with Crippen molar-refractivity contribution >= 4 is 29.7 Å². The lowest BCUT2D eigenvalue weighted by Crippen LogP contribution is -2.40. The van der Waals surface area contributed by atoms with Crippen LogP contribution < -0.4 is 5.32 Å². The molecular weight excluding hydrogens is 356 g/mol. The molecule has 1 aromatic heterocycles. The lowest BCUT2D eigenvalue weighted by molar-refractivity contribution is 0.0732. The summed E-state index contributed by atoms with van der Waals surface area (Å²) in [6.45, 7) is 1.41. The van der Waals surface area contributed by atoms with E-state index in [-0.39, 0.29) is 40.6 Å². The molecular formula is C16H18ClF2N3OS. The van der Waals surface area contributed by atoms with Crippen LogP contribution in [0.15, 0.2) is 23.6 Å². The van der Waals surface area contributed by atoms with Gasteiger partial charge in [0.05, 0.1) is 5.56 Å². The van der Waals surface area contributed by atoms with E-state index in [0.29, 0.717) is 6.54 Å². The minimum Gasteiger partial charge on any atom is -0.333 e. The van der Waals surface area contributed by atoms with Crippen LogP contribution in [0.2, 0.25) is 0 Å². The number of hydrogen-bond acceptors (Lipinski definition) is 4. The van der Waals surface area contributed by atoms with E-state index in [1.165, 1.54) is 18.2 Å². The number of nitrogens with zero attached hydrogens (tertiary/aromatic N) is 2. The number of carbonyl (C=O) groups excluding carboxylic acids is 1. The maximum atomic E-state index is 13.8. The van der Waals surface area contributed by atoms with Gasteiger partial charge in [-0.3, -0.25) is 4.79 Å². The third kappa shape index (κ3) is 3.58. The molecule has 24 heavy (non-hydrogen) atoms. The molecule has 2 heterocycles. The molecule has 1 aromatic carbocycles. The van der Waals surface area contributed by atoms with E-state index in [4.69, 9.17) is 0 Å². The smallest absolute Gasteiger partial charge is 0.273 e. The second-order valence-electron chi connectivity index (χ2n) is 5.49. The van der Waals surface area contributed by atoms with Crippen LogP contribution in [0, 0.1) is 11.6 Å². The molecule has 1 saturated heterocycles. The van der Waals surface area contributed by atoms with Crippen molar-refractivity contribution in [3.8, 4) is 10.6 Å². The number of likely N-dealkylation sites (N-methyl/N-ethyl adjacent to an activating group) is 1. The lowest BCUT2D eigenvalue weighted by Gasteiger charge is -2.23. The first-order valence-corrected chi connectivity index (χ1v) is 8.35. The number of amides is 1. The Kier molecular flexibility index (Phi) is 6.26. The van der Waals surface area contributed by atoms with Crippen LogP contribution in [-0.4, -0.2) is 42.0 Å². The van der Waals surface area contributed by atoms with E-state index in [1.807, 2.05) is 7.05 Å². The quantitative estimate of drug-likeness (QED) is 0.894. The fourth-order valence-electron chi connectivity index (χ4n) is 2.89. The number of carbonyl (C=O) groups is 1. The average Bonchev–Trinajstić information content (AvgIpc) is 3.16. The van der Waals surface area contributed by atoms with Crippen molar-refractivity contribution in [3.63, 3.8) is 0 Å². The Hall–Kier alpha value is -1.57. The zero-order chi connectivity index (χ0) is 16.4. The summed E-state index contributed by atoms with van der Waals surface area (Å²) >= 11 is 1.08. The standard InChI is InChI=1S/C16H17F2N3OS.ClH/c1-19-8-10-4-3-7-21(10)16(22)13-9-23-15(20-13)14-11(17)5-2-6-12(14)18;/h2,5-6,9-10,19H,3-4,7-8H2,1H3;1H. The predicted molar refractivity (Wildman–Crippen MR) is 92.7 cm³/mol. The molecule has 1 atom stereocenters. The summed E-state index contributed by atoms with van der Waals surface area (Å²) in [7, 11) is 1.85. The van der Waals surface area contributed by atoms with Crippen molar-refractivity contribution in [1.29, 1.82) is 0 Å². The van der Waals surface area contributed by atoms with Crippen LogP contribution in [0.3, 0.4) is 0 Å². The van der Waals surface area contributed by atoms with Gasteiger partial charge in [-0.05, 0) is 32.0 Å². The Balaban J connectivity index is 0.00000208. The molecule has 1 N–H and O–H groups in total. The Morgan fingerprint density at radius 1 is 1.42 bits per heavy atom. The van der Waals surface area contributed by atoms with E-state index in [9.17, 15) is 13.6 Å². The Morgan fingerprint density at radius 2 is 2.12 bits per heavy atom. The van der Waals surface area contributed by atoms with Crippen LogP contribution in [0.4, 0.5) is 8.78 Å². The molecule has 0 radical (unpaired) electrons. The summed E-state index contributed by atoms with van der Waals surface area (Å²) in [4.78, 5) is 18.6. The van der Waals surface area contributed by atoms with E-state index >= 15 is 0 Å². The minimum absolute atomic E-state index is 0. The Bertz CT molecular complexity index is 705. The molecule has 130 valence electrons. The van der Waals surface area contributed by atoms with Crippen LogP contribution in [0.25, 0.3) is 10.6 Å². The van der Waals surface area contributed by atoms with E-state index < -0.39 is 11.6 Å². The number of halogens is 3. The van der Waals surface area contributed by atoms with Gasteiger partial charge in [0.15, 0.2) is 0 Å². The first-order valence-electron chi connectivity index (χ1n) is 7.47. The number of thiazole rings is 1. The number of nitrogens with one attached hydrogen (secondary N) is 1. The molecule has 0 bridgehead atoms. The molecule has 0 aliphatic carbocycles. The van der Waals surface area contributed by atoms with Crippen molar-refractivity contribution in [3.05, 3.63) is 40.9 Å². The van der Waals surface area contributed by atoms with Crippen molar-refractivity contribution in [1.82, 2.24) is 15.2 Å². The normalized spacial score (nSPS) is 17.0. The molecule has 8 heteroatoms. The molecule has 1 fully saturated rings. The third-order valence-corrected chi connectivity index (χ3v) is 4.84. The first-order chi connectivity index (χ1) is 11.1. The van der Waals surface area contributed by atoms with Gasteiger partial charge in [-0.25, -0.2) is 13.8 Å². The highest BCUT2D eigenvalue weighted by atomic mass is 35.5. The summed E-state index contributed by atoms with van der Waals surface area (Å²) in [5.74, 6) is -1.53. The Labute approximate surface area is 149 Å². The predicted octanol–water partition coefficient (Wildman–Crippen LogP) is 3.33. The molecule has 1 aliphatic heterocycles. The molecule has 2 aromatic rings. The molecule has 1 unspecified atom stereocenters. The third-order valence-electron chi connectivity index (χ3n) is 3.98. The van der Waals surface area contributed by atoms with Gasteiger partial charge in [-0.2, -0.15) is 0 Å². The van der Waals surface area contributed by atoms with Crippen molar-refractivity contribution < 1.29 is 13.6 Å². The molecule has 4 nitrogen and oxygen atoms in total. The Morgan fingerprint density at radius 3 is 2.79 bits per heavy atom. The summed E-state index contributed by atoms with van der Waals surface area (Å²) in [5.41, 5.74) is 0.0698. The summed E-state index contributed by atoms with van der Waals surface area (Å²) in [6, 6.07) is 3.82. The number of rotatable bonds is 4. The minimum atomic E-state index is -0.674. The second kappa shape index (κ2) is 8.00. The molecule has 0 saturated carbocycles. The maximum Gasteiger partial charge on any atom is 0.273 e. The highest BCUT2D eigenvalue weighted by Crippen LogP contribution is 2.30. The monoisotopic (exact) mass is 373 g/mol. The molecule has 0 spiro atoms. The van der Waals surface area contributed by atoms with Gasteiger partial charge >= 0.3 is 0 Å². The van der Waals surface area contributed by atoms with Gasteiger partial charge in [0.1, 0.15) is 22.3 Å². The van der Waals surface area contributed by atoms with E-state index in [2.05, 4.69) is 10.3 Å². The van der Waals surface area contributed by atoms with Gasteiger partial charge in [-0.15, -0.1) is 23.7 Å². The molecule has 3 rings (SSSR count). The summed E-state index contributed by atoms with van der Waals surface area (Å²) in [6.07, 6.45) is 1.91. The number of benzene rings is 1. The van der Waals surface area contributed by atoms with Crippen LogP contribution in [0.5, 0.6) is 0 Å². The van der Waals surface area contributed by atoms with E-state index in [1.54, 1.807) is 10.3 Å². The largest absolute Gasteiger partial charge is 0.333 e. The van der Waals surface area contributed by atoms with Gasteiger partial charge in [0, 0.05) is 24.5 Å². The SMILES string of the molecule is CNCC1CCCN1C(=O)c1csc(-c2c(F)cccc2F)n1.Cl.